The maximum absolute atomic E-state index is 11.9. The first-order valence-electron chi connectivity index (χ1n) is 6.43. The molecule has 114 valence electrons. The Morgan fingerprint density at radius 2 is 2.19 bits per heavy atom. The summed E-state index contributed by atoms with van der Waals surface area (Å²) in [7, 11) is 0. The van der Waals surface area contributed by atoms with Crippen LogP contribution in [-0.2, 0) is 4.74 Å². The first kappa shape index (κ1) is 14.0. The van der Waals surface area contributed by atoms with Crippen molar-refractivity contribution in [1.29, 1.82) is 0 Å². The Kier molecular flexibility index (Phi) is 3.21. The van der Waals surface area contributed by atoms with E-state index in [1.165, 1.54) is 4.57 Å². The topological polar surface area (TPSA) is 147 Å². The monoisotopic (exact) mass is 296 g/mol. The van der Waals surface area contributed by atoms with Crippen molar-refractivity contribution in [2.45, 2.75) is 31.5 Å². The number of nitrogens with one attached hydrogen (secondary N) is 1. The Balaban J connectivity index is 2.16. The van der Waals surface area contributed by atoms with E-state index in [9.17, 15) is 15.0 Å². The highest BCUT2D eigenvalue weighted by atomic mass is 16.6. The van der Waals surface area contributed by atoms with Gasteiger partial charge in [-0.1, -0.05) is 0 Å². The molecule has 0 radical (unpaired) electrons. The molecule has 0 aromatic carbocycles. The minimum atomic E-state index is -1.25. The van der Waals surface area contributed by atoms with Gasteiger partial charge in [0.2, 0.25) is 5.95 Å². The molecule has 4 atom stereocenters. The van der Waals surface area contributed by atoms with Crippen LogP contribution < -0.4 is 11.3 Å². The molecule has 2 aromatic rings. The quantitative estimate of drug-likeness (QED) is 0.440. The molecule has 0 spiro atoms. The number of aromatic nitrogens is 3. The summed E-state index contributed by atoms with van der Waals surface area (Å²) < 4.78 is 6.89. The lowest BCUT2D eigenvalue weighted by molar-refractivity contribution is -0.0508. The second-order valence-electron chi connectivity index (χ2n) is 5.10. The lowest BCUT2D eigenvalue weighted by atomic mass is 10.1. The van der Waals surface area contributed by atoms with E-state index in [-0.39, 0.29) is 17.2 Å². The number of hydrogen-bond acceptors (Lipinski definition) is 7. The number of nitrogens with two attached hydrogens (primary N) is 1. The van der Waals surface area contributed by atoms with Crippen molar-refractivity contribution >= 4 is 17.0 Å². The van der Waals surface area contributed by atoms with E-state index in [4.69, 9.17) is 15.6 Å². The second-order valence-corrected chi connectivity index (χ2v) is 5.10. The number of aryl methyl sites for hydroxylation is 1. The van der Waals surface area contributed by atoms with E-state index in [1.807, 2.05) is 0 Å². The summed E-state index contributed by atoms with van der Waals surface area (Å²) in [5.74, 6) is -0.0569. The summed E-state index contributed by atoms with van der Waals surface area (Å²) in [5, 5.41) is 29.3. The van der Waals surface area contributed by atoms with Gasteiger partial charge in [-0.15, -0.1) is 0 Å². The molecule has 1 unspecified atom stereocenters. The Labute approximate surface area is 118 Å². The summed E-state index contributed by atoms with van der Waals surface area (Å²) in [6.07, 6.45) is -2.74. The molecule has 0 aliphatic carbocycles. The number of nitrogen functional groups attached to an aromatic ring is 1. The molecule has 9 nitrogen and oxygen atoms in total. The predicted molar refractivity (Wildman–Crippen MR) is 72.5 cm³/mol. The third-order valence-corrected chi connectivity index (χ3v) is 3.68. The fourth-order valence-electron chi connectivity index (χ4n) is 2.66. The molecular formula is C12H16N4O5. The third-order valence-electron chi connectivity index (χ3n) is 3.68. The zero-order chi connectivity index (χ0) is 15.3. The van der Waals surface area contributed by atoms with Crippen LogP contribution in [0.25, 0.3) is 11.0 Å². The van der Waals surface area contributed by atoms with Crippen LogP contribution in [0.1, 0.15) is 11.8 Å². The molecule has 2 aromatic heterocycles. The van der Waals surface area contributed by atoms with Crippen molar-refractivity contribution in [2.75, 3.05) is 12.3 Å². The van der Waals surface area contributed by atoms with Gasteiger partial charge in [0.05, 0.1) is 12.0 Å². The van der Waals surface area contributed by atoms with E-state index in [2.05, 4.69) is 9.97 Å². The van der Waals surface area contributed by atoms with Gasteiger partial charge in [0.1, 0.15) is 18.3 Å². The Morgan fingerprint density at radius 1 is 1.48 bits per heavy atom. The Hall–Kier alpha value is -1.94. The number of hydrogen-bond donors (Lipinski definition) is 5. The van der Waals surface area contributed by atoms with Crippen LogP contribution in [0.3, 0.4) is 0 Å². The molecule has 0 amide bonds. The number of ether oxygens (including phenoxy) is 1. The zero-order valence-electron chi connectivity index (χ0n) is 11.2. The van der Waals surface area contributed by atoms with Crippen LogP contribution in [0.2, 0.25) is 0 Å². The zero-order valence-corrected chi connectivity index (χ0v) is 11.2. The van der Waals surface area contributed by atoms with Crippen LogP contribution in [0.4, 0.5) is 5.95 Å². The van der Waals surface area contributed by atoms with Gasteiger partial charge < -0.3 is 30.4 Å². The van der Waals surface area contributed by atoms with E-state index in [0.717, 1.165) is 0 Å². The normalized spacial score (nSPS) is 29.3. The first-order valence-corrected chi connectivity index (χ1v) is 6.43. The molecule has 21 heavy (non-hydrogen) atoms. The van der Waals surface area contributed by atoms with E-state index in [0.29, 0.717) is 10.9 Å². The second kappa shape index (κ2) is 4.81. The molecule has 3 heterocycles. The highest BCUT2D eigenvalue weighted by Gasteiger charge is 2.44. The van der Waals surface area contributed by atoms with Crippen LogP contribution in [0.5, 0.6) is 0 Å². The van der Waals surface area contributed by atoms with Crippen LogP contribution in [0, 0.1) is 6.92 Å². The van der Waals surface area contributed by atoms with Crippen molar-refractivity contribution in [3.63, 3.8) is 0 Å². The van der Waals surface area contributed by atoms with Crippen molar-refractivity contribution < 1.29 is 20.1 Å². The lowest BCUT2D eigenvalue weighted by Crippen LogP contribution is -2.33. The standard InChI is InChI=1S/C12H16N4O5/c1-4-2-16(9-6(4)10(20)15-12(13)14-9)11-8(19)7(18)5(3-17)21-11/h2,5,7-8,11,17-19H,3H2,1H3,(H3,13,14,15,20)/t5-,7?,8+,11-/m1/s1. The average molecular weight is 296 g/mol. The number of aliphatic hydroxyl groups excluding tert-OH is 3. The third kappa shape index (κ3) is 2.02. The summed E-state index contributed by atoms with van der Waals surface area (Å²) in [6.45, 7) is 1.29. The van der Waals surface area contributed by atoms with Crippen molar-refractivity contribution in [2.24, 2.45) is 0 Å². The van der Waals surface area contributed by atoms with Crippen LogP contribution in [0.15, 0.2) is 11.0 Å². The predicted octanol–water partition coefficient (Wildman–Crippen LogP) is -1.77. The Morgan fingerprint density at radius 3 is 2.81 bits per heavy atom. The van der Waals surface area contributed by atoms with Gasteiger partial charge in [-0.2, -0.15) is 4.98 Å². The van der Waals surface area contributed by atoms with Gasteiger partial charge in [-0.3, -0.25) is 9.78 Å². The van der Waals surface area contributed by atoms with Crippen molar-refractivity contribution in [3.8, 4) is 0 Å². The molecule has 1 saturated heterocycles. The van der Waals surface area contributed by atoms with Gasteiger partial charge in [0.15, 0.2) is 11.9 Å². The minimum absolute atomic E-state index is 0.0569. The number of H-pyrrole nitrogens is 1. The molecule has 0 saturated carbocycles. The van der Waals surface area contributed by atoms with Crippen molar-refractivity contribution in [1.82, 2.24) is 14.5 Å². The summed E-state index contributed by atoms with van der Waals surface area (Å²) >= 11 is 0. The summed E-state index contributed by atoms with van der Waals surface area (Å²) in [4.78, 5) is 18.4. The highest BCUT2D eigenvalue weighted by Crippen LogP contribution is 2.32. The fraction of sp³-hybridized carbons (Fsp3) is 0.500. The summed E-state index contributed by atoms with van der Waals surface area (Å²) in [5.41, 5.74) is 6.04. The molecule has 1 aliphatic heterocycles. The largest absolute Gasteiger partial charge is 0.394 e. The molecule has 1 aliphatic rings. The smallest absolute Gasteiger partial charge is 0.262 e. The number of rotatable bonds is 2. The van der Waals surface area contributed by atoms with Crippen LogP contribution in [-0.4, -0.2) is 54.8 Å². The van der Waals surface area contributed by atoms with Crippen LogP contribution >= 0.6 is 0 Å². The summed E-state index contributed by atoms with van der Waals surface area (Å²) in [6, 6.07) is 0. The van der Waals surface area contributed by atoms with Gasteiger partial charge in [-0.25, -0.2) is 0 Å². The highest BCUT2D eigenvalue weighted by molar-refractivity contribution is 5.80. The maximum Gasteiger partial charge on any atom is 0.262 e. The molecule has 0 bridgehead atoms. The molecule has 9 heteroatoms. The maximum atomic E-state index is 11.9. The number of anilines is 1. The fourth-order valence-corrected chi connectivity index (χ4v) is 2.66. The number of fused-ring (bicyclic) bond motifs is 1. The van der Waals surface area contributed by atoms with Gasteiger partial charge >= 0.3 is 0 Å². The molecular weight excluding hydrogens is 280 g/mol. The minimum Gasteiger partial charge on any atom is -0.394 e. The van der Waals surface area contributed by atoms with E-state index < -0.39 is 31.1 Å². The average Bonchev–Trinajstić information content (AvgIpc) is 2.89. The van der Waals surface area contributed by atoms with E-state index in [1.54, 1.807) is 13.1 Å². The molecule has 6 N–H and O–H groups in total. The number of nitrogens with zero attached hydrogens (tertiary/aromatic N) is 2. The van der Waals surface area contributed by atoms with E-state index >= 15 is 0 Å². The SMILES string of the molecule is Cc1cn([C@@H]2O[C@H](CO)C(O)[C@@H]2O)c2nc(N)[nH]c(=O)c12. The van der Waals surface area contributed by atoms with Gasteiger partial charge in [0.25, 0.3) is 5.56 Å². The Bertz CT molecular complexity index is 739. The van der Waals surface area contributed by atoms with Crippen molar-refractivity contribution in [3.05, 3.63) is 22.1 Å². The van der Waals surface area contributed by atoms with Gasteiger partial charge in [-0.05, 0) is 12.5 Å². The molecule has 1 fully saturated rings. The number of aromatic amines is 1. The lowest BCUT2D eigenvalue weighted by Gasteiger charge is -2.17. The first-order chi connectivity index (χ1) is 9.93. The number of aliphatic hydroxyl groups is 3. The molecule has 3 rings (SSSR count). The van der Waals surface area contributed by atoms with Gasteiger partial charge in [0, 0.05) is 6.20 Å².